The number of benzene rings is 4. The molecule has 6 rings (SSSR count). The van der Waals surface area contributed by atoms with Crippen molar-refractivity contribution in [1.29, 1.82) is 0 Å². The summed E-state index contributed by atoms with van der Waals surface area (Å²) in [6, 6.07) is 29.3. The molecule has 1 aromatic heterocycles. The summed E-state index contributed by atoms with van der Waals surface area (Å²) in [5.41, 5.74) is 4.94. The standard InChI is InChI=1S/C30H29N2O4S.C7H8O3S/c1-5-32-26-18-16-23(37(34,35)22-14-10-7-11-15-22)20-25(26)30(2,3)27(32)19-17-24-28(31(4)36-29(24)33)21-12-8-6-9-13-21;1-6-2-4-7(5-3-6)11(8,9)10/h6-20H,5H2,1-4H3;2-5H,1H3,(H,8,9,10)/q+1;/p-1. The Morgan fingerprint density at radius 3 is 1.98 bits per heavy atom. The smallest absolute Gasteiger partial charge is 0.365 e. The molecule has 0 spiro atoms. The van der Waals surface area contributed by atoms with Crippen molar-refractivity contribution in [3.63, 3.8) is 0 Å². The van der Waals surface area contributed by atoms with Crippen molar-refractivity contribution in [1.82, 2.24) is 4.74 Å². The van der Waals surface area contributed by atoms with Crippen molar-refractivity contribution < 1.29 is 30.5 Å². The summed E-state index contributed by atoms with van der Waals surface area (Å²) >= 11 is 0. The van der Waals surface area contributed by atoms with E-state index in [1.54, 1.807) is 67.7 Å². The van der Waals surface area contributed by atoms with Gasteiger partial charge in [0.15, 0.2) is 5.71 Å². The first kappa shape index (κ1) is 34.5. The Labute approximate surface area is 280 Å². The summed E-state index contributed by atoms with van der Waals surface area (Å²) < 4.78 is 66.9. The molecule has 0 N–H and O–H groups in total. The molecule has 11 heteroatoms. The molecule has 2 heterocycles. The Balaban J connectivity index is 0.000000349. The molecule has 1 aliphatic heterocycles. The van der Waals surface area contributed by atoms with Crippen molar-refractivity contribution in [3.8, 4) is 11.3 Å². The summed E-state index contributed by atoms with van der Waals surface area (Å²) in [5, 5.41) is 0. The van der Waals surface area contributed by atoms with E-state index in [0.717, 1.165) is 28.1 Å². The van der Waals surface area contributed by atoms with Gasteiger partial charge in [0.05, 0.1) is 31.4 Å². The van der Waals surface area contributed by atoms with Gasteiger partial charge in [0, 0.05) is 30.3 Å². The average Bonchev–Trinajstić information content (AvgIpc) is 3.47. The van der Waals surface area contributed by atoms with Crippen LogP contribution in [0.3, 0.4) is 0 Å². The van der Waals surface area contributed by atoms with Crippen LogP contribution in [0.2, 0.25) is 0 Å². The predicted octanol–water partition coefficient (Wildman–Crippen LogP) is 6.49. The Hall–Kier alpha value is -4.84. The lowest BCUT2D eigenvalue weighted by Gasteiger charge is -2.16. The third-order valence-electron chi connectivity index (χ3n) is 8.32. The van der Waals surface area contributed by atoms with Gasteiger partial charge in [0.1, 0.15) is 16.7 Å². The number of rotatable bonds is 7. The monoisotopic (exact) mass is 684 g/mol. The molecular formula is C37H36N2O7S2. The molecule has 0 saturated carbocycles. The van der Waals surface area contributed by atoms with Crippen LogP contribution in [-0.2, 0) is 32.4 Å². The summed E-state index contributed by atoms with van der Waals surface area (Å²) in [6.45, 7) is 8.72. The van der Waals surface area contributed by atoms with E-state index in [1.807, 2.05) is 49.4 Å². The second kappa shape index (κ2) is 13.3. The van der Waals surface area contributed by atoms with Crippen LogP contribution < -0.4 is 5.63 Å². The molecule has 0 saturated heterocycles. The van der Waals surface area contributed by atoms with Crippen LogP contribution in [0.1, 0.15) is 37.5 Å². The van der Waals surface area contributed by atoms with Crippen molar-refractivity contribution in [2.24, 2.45) is 7.05 Å². The van der Waals surface area contributed by atoms with Gasteiger partial charge in [0.2, 0.25) is 15.5 Å². The highest BCUT2D eigenvalue weighted by molar-refractivity contribution is 7.91. The first-order chi connectivity index (χ1) is 22.7. The maximum Gasteiger partial charge on any atom is 0.365 e. The summed E-state index contributed by atoms with van der Waals surface area (Å²) in [7, 11) is -6.20. The van der Waals surface area contributed by atoms with Crippen LogP contribution >= 0.6 is 0 Å². The van der Waals surface area contributed by atoms with Crippen LogP contribution in [0.25, 0.3) is 17.3 Å². The van der Waals surface area contributed by atoms with Gasteiger partial charge in [-0.2, -0.15) is 4.58 Å². The fraction of sp³-hybridized carbons (Fsp3) is 0.189. The first-order valence-electron chi connectivity index (χ1n) is 15.2. The number of aromatic nitrogens is 1. The molecule has 9 nitrogen and oxygen atoms in total. The van der Waals surface area contributed by atoms with Crippen molar-refractivity contribution in [2.75, 3.05) is 6.54 Å². The van der Waals surface area contributed by atoms with Gasteiger partial charge in [-0.15, -0.1) is 0 Å². The first-order valence-corrected chi connectivity index (χ1v) is 18.1. The fourth-order valence-electron chi connectivity index (χ4n) is 5.83. The second-order valence-corrected chi connectivity index (χ2v) is 15.2. The molecule has 0 fully saturated rings. The minimum Gasteiger partial charge on any atom is -0.744 e. The van der Waals surface area contributed by atoms with Gasteiger partial charge in [0.25, 0.3) is 0 Å². The highest BCUT2D eigenvalue weighted by Gasteiger charge is 2.44. The Bertz CT molecular complexity index is 2300. The van der Waals surface area contributed by atoms with Gasteiger partial charge in [-0.05, 0) is 70.2 Å². The van der Waals surface area contributed by atoms with Gasteiger partial charge in [-0.25, -0.2) is 26.4 Å². The third kappa shape index (κ3) is 6.75. The number of sulfone groups is 1. The molecule has 4 aromatic carbocycles. The minimum atomic E-state index is -4.27. The zero-order valence-electron chi connectivity index (χ0n) is 27.2. The fourth-order valence-corrected chi connectivity index (χ4v) is 7.61. The molecule has 48 heavy (non-hydrogen) atoms. The zero-order valence-corrected chi connectivity index (χ0v) is 28.9. The molecule has 0 unspecified atom stereocenters. The van der Waals surface area contributed by atoms with Gasteiger partial charge in [-0.3, -0.25) is 0 Å². The maximum atomic E-state index is 13.3. The van der Waals surface area contributed by atoms with Gasteiger partial charge >= 0.3 is 5.63 Å². The number of hydrogen-bond donors (Lipinski definition) is 0. The zero-order chi connectivity index (χ0) is 34.9. The van der Waals surface area contributed by atoms with Gasteiger partial charge in [-0.1, -0.05) is 66.2 Å². The molecule has 1 aliphatic rings. The van der Waals surface area contributed by atoms with Crippen LogP contribution in [0.15, 0.2) is 133 Å². The summed E-state index contributed by atoms with van der Waals surface area (Å²) in [5.74, 6) is 0. The predicted molar refractivity (Wildman–Crippen MR) is 184 cm³/mol. The molecule has 248 valence electrons. The van der Waals surface area contributed by atoms with Crippen LogP contribution in [0.5, 0.6) is 0 Å². The van der Waals surface area contributed by atoms with Crippen LogP contribution in [0, 0.1) is 6.92 Å². The molecule has 0 bridgehead atoms. The highest BCUT2D eigenvalue weighted by atomic mass is 32.2. The number of nitrogens with zero attached hydrogens (tertiary/aromatic N) is 2. The Kier molecular flexibility index (Phi) is 9.59. The van der Waals surface area contributed by atoms with Crippen molar-refractivity contribution in [2.45, 2.75) is 47.8 Å². The molecule has 0 radical (unpaired) electrons. The van der Waals surface area contributed by atoms with Crippen LogP contribution in [0.4, 0.5) is 5.69 Å². The quantitative estimate of drug-likeness (QED) is 0.142. The topological polar surface area (TPSA) is 129 Å². The van der Waals surface area contributed by atoms with Crippen molar-refractivity contribution in [3.05, 3.63) is 136 Å². The third-order valence-corrected chi connectivity index (χ3v) is 10.9. The molecule has 5 aromatic rings. The number of aryl methyl sites for hydroxylation is 2. The SMILES string of the molecule is CC[N+]1=C(C=Cc2c(-c3ccccc3)n(C)oc2=O)C(C)(C)c2cc(S(=O)(=O)c3ccccc3)ccc21.Cc1ccc(S(=O)(=O)[O-])cc1. The largest absolute Gasteiger partial charge is 0.744 e. The van der Waals surface area contributed by atoms with E-state index in [4.69, 9.17) is 4.52 Å². The number of allylic oxidation sites excluding steroid dienone is 1. The maximum absolute atomic E-state index is 13.3. The molecule has 0 amide bonds. The molecule has 0 aliphatic carbocycles. The minimum absolute atomic E-state index is 0.178. The lowest BCUT2D eigenvalue weighted by molar-refractivity contribution is -0.433. The molecule has 0 atom stereocenters. The normalized spacial score (nSPS) is 14.1. The van der Waals surface area contributed by atoms with E-state index in [2.05, 4.69) is 25.3 Å². The highest BCUT2D eigenvalue weighted by Crippen LogP contribution is 2.42. The summed E-state index contributed by atoms with van der Waals surface area (Å²) in [4.78, 5) is 13.1. The Morgan fingerprint density at radius 1 is 0.812 bits per heavy atom. The van der Waals surface area contributed by atoms with E-state index >= 15 is 0 Å². The van der Waals surface area contributed by atoms with Crippen LogP contribution in [-0.4, -0.2) is 43.0 Å². The van der Waals surface area contributed by atoms with Crippen molar-refractivity contribution >= 4 is 37.4 Å². The number of fused-ring (bicyclic) bond motifs is 1. The Morgan fingerprint density at radius 2 is 1.40 bits per heavy atom. The van der Waals surface area contributed by atoms with E-state index in [1.165, 1.54) is 16.9 Å². The second-order valence-electron chi connectivity index (χ2n) is 11.9. The lowest BCUT2D eigenvalue weighted by Crippen LogP contribution is -2.27. The average molecular weight is 685 g/mol. The lowest BCUT2D eigenvalue weighted by atomic mass is 9.81. The van der Waals surface area contributed by atoms with E-state index in [-0.39, 0.29) is 14.7 Å². The summed E-state index contributed by atoms with van der Waals surface area (Å²) in [6.07, 6.45) is 3.76. The van der Waals surface area contributed by atoms with Gasteiger partial charge < -0.3 is 9.08 Å². The molecular weight excluding hydrogens is 649 g/mol. The van der Waals surface area contributed by atoms with E-state index in [0.29, 0.717) is 17.8 Å². The van der Waals surface area contributed by atoms with E-state index < -0.39 is 31.0 Å². The van der Waals surface area contributed by atoms with E-state index in [9.17, 15) is 26.2 Å². The number of hydrogen-bond acceptors (Lipinski definition) is 7.